The van der Waals surface area contributed by atoms with Gasteiger partial charge in [-0.2, -0.15) is 0 Å². The zero-order valence-electron chi connectivity index (χ0n) is 11.4. The molecule has 5 heteroatoms. The molecule has 0 spiro atoms. The zero-order chi connectivity index (χ0) is 14.4. The molecule has 0 saturated heterocycles. The molecule has 0 fully saturated rings. The van der Waals surface area contributed by atoms with E-state index in [0.29, 0.717) is 30.2 Å². The Bertz CT molecular complexity index is 567. The highest BCUT2D eigenvalue weighted by atomic mass is 32.1. The molecule has 20 heavy (non-hydrogen) atoms. The number of hydrogen-bond acceptors (Lipinski definition) is 4. The molecule has 106 valence electrons. The second-order valence-corrected chi connectivity index (χ2v) is 5.32. The Hall–Kier alpha value is -2.01. The van der Waals surface area contributed by atoms with Gasteiger partial charge in [-0.15, -0.1) is 11.3 Å². The van der Waals surface area contributed by atoms with Crippen molar-refractivity contribution in [2.75, 3.05) is 18.9 Å². The number of nitrogens with one attached hydrogen (secondary N) is 1. The molecule has 0 radical (unpaired) electrons. The minimum atomic E-state index is -0.115. The predicted molar refractivity (Wildman–Crippen MR) is 82.4 cm³/mol. The summed E-state index contributed by atoms with van der Waals surface area (Å²) in [6.45, 7) is 3.02. The number of amides is 1. The molecule has 0 aliphatic carbocycles. The van der Waals surface area contributed by atoms with E-state index in [1.807, 2.05) is 18.4 Å². The third kappa shape index (κ3) is 3.74. The fraction of sp³-hybridized carbons (Fsp3) is 0.267. The van der Waals surface area contributed by atoms with E-state index in [1.165, 1.54) is 4.88 Å². The van der Waals surface area contributed by atoms with Crippen molar-refractivity contribution in [1.82, 2.24) is 5.32 Å². The van der Waals surface area contributed by atoms with Gasteiger partial charge in [0, 0.05) is 23.4 Å². The maximum atomic E-state index is 11.8. The number of benzene rings is 1. The van der Waals surface area contributed by atoms with Gasteiger partial charge in [0.15, 0.2) is 0 Å². The average molecular weight is 290 g/mol. The van der Waals surface area contributed by atoms with Crippen LogP contribution in [-0.2, 0) is 6.42 Å². The summed E-state index contributed by atoms with van der Waals surface area (Å²) in [5.41, 5.74) is 6.98. The van der Waals surface area contributed by atoms with Crippen molar-refractivity contribution < 1.29 is 9.53 Å². The fourth-order valence-electron chi connectivity index (χ4n) is 1.78. The number of carbonyl (C=O) groups excluding carboxylic acids is 1. The number of nitrogens with two attached hydrogens (primary N) is 1. The summed E-state index contributed by atoms with van der Waals surface area (Å²) in [5.74, 6) is 0.445. The number of carbonyl (C=O) groups is 1. The third-order valence-electron chi connectivity index (χ3n) is 2.80. The normalized spacial score (nSPS) is 10.2. The molecule has 1 aromatic carbocycles. The Kier molecular flexibility index (Phi) is 5.01. The van der Waals surface area contributed by atoms with Crippen molar-refractivity contribution in [3.05, 3.63) is 46.2 Å². The zero-order valence-corrected chi connectivity index (χ0v) is 12.2. The van der Waals surface area contributed by atoms with E-state index >= 15 is 0 Å². The molecule has 1 amide bonds. The lowest BCUT2D eigenvalue weighted by molar-refractivity contribution is 0.0955. The van der Waals surface area contributed by atoms with Gasteiger partial charge < -0.3 is 15.8 Å². The van der Waals surface area contributed by atoms with E-state index in [1.54, 1.807) is 29.5 Å². The second kappa shape index (κ2) is 6.96. The first-order chi connectivity index (χ1) is 9.70. The van der Waals surface area contributed by atoms with Gasteiger partial charge in [-0.05, 0) is 36.6 Å². The average Bonchev–Trinajstić information content (AvgIpc) is 2.94. The van der Waals surface area contributed by atoms with Crippen LogP contribution in [0.2, 0.25) is 0 Å². The van der Waals surface area contributed by atoms with Crippen LogP contribution in [0.15, 0.2) is 35.7 Å². The topological polar surface area (TPSA) is 64.4 Å². The van der Waals surface area contributed by atoms with Crippen LogP contribution in [0.5, 0.6) is 5.75 Å². The molecule has 0 aliphatic rings. The van der Waals surface area contributed by atoms with Crippen molar-refractivity contribution in [2.45, 2.75) is 13.3 Å². The van der Waals surface area contributed by atoms with Crippen molar-refractivity contribution in [3.8, 4) is 5.75 Å². The van der Waals surface area contributed by atoms with Crippen LogP contribution < -0.4 is 15.8 Å². The lowest BCUT2D eigenvalue weighted by atomic mass is 10.2. The van der Waals surface area contributed by atoms with Crippen molar-refractivity contribution in [1.29, 1.82) is 0 Å². The van der Waals surface area contributed by atoms with Crippen LogP contribution in [0, 0.1) is 0 Å². The van der Waals surface area contributed by atoms with Gasteiger partial charge in [0.05, 0.1) is 12.3 Å². The largest absolute Gasteiger partial charge is 0.491 e. The number of rotatable bonds is 6. The number of hydrogen-bond donors (Lipinski definition) is 2. The summed E-state index contributed by atoms with van der Waals surface area (Å²) in [7, 11) is 0. The summed E-state index contributed by atoms with van der Waals surface area (Å²) in [4.78, 5) is 13.0. The molecule has 3 N–H and O–H groups in total. The van der Waals surface area contributed by atoms with E-state index in [-0.39, 0.29) is 5.91 Å². The van der Waals surface area contributed by atoms with Crippen molar-refractivity contribution >= 4 is 22.9 Å². The minimum Gasteiger partial charge on any atom is -0.491 e. The maximum absolute atomic E-state index is 11.8. The Morgan fingerprint density at radius 2 is 2.25 bits per heavy atom. The van der Waals surface area contributed by atoms with E-state index < -0.39 is 0 Å². The van der Waals surface area contributed by atoms with E-state index in [9.17, 15) is 4.79 Å². The van der Waals surface area contributed by atoms with Gasteiger partial charge in [0.1, 0.15) is 5.75 Å². The molecule has 0 atom stereocenters. The van der Waals surface area contributed by atoms with Crippen LogP contribution in [-0.4, -0.2) is 19.1 Å². The summed E-state index contributed by atoms with van der Waals surface area (Å²) in [6, 6.07) is 9.18. The van der Waals surface area contributed by atoms with Crippen LogP contribution in [0.25, 0.3) is 0 Å². The molecule has 4 nitrogen and oxygen atoms in total. The first-order valence-corrected chi connectivity index (χ1v) is 7.41. The molecule has 1 aromatic heterocycles. The van der Waals surface area contributed by atoms with Gasteiger partial charge in [0.2, 0.25) is 0 Å². The van der Waals surface area contributed by atoms with Crippen LogP contribution >= 0.6 is 11.3 Å². The maximum Gasteiger partial charge on any atom is 0.251 e. The molecule has 0 bridgehead atoms. The highest BCUT2D eigenvalue weighted by Crippen LogP contribution is 2.23. The quantitative estimate of drug-likeness (QED) is 0.804. The molecule has 0 unspecified atom stereocenters. The first kappa shape index (κ1) is 14.4. The van der Waals surface area contributed by atoms with Crippen molar-refractivity contribution in [3.63, 3.8) is 0 Å². The molecular formula is C15H18N2O2S. The first-order valence-electron chi connectivity index (χ1n) is 6.53. The van der Waals surface area contributed by atoms with Crippen LogP contribution in [0.4, 0.5) is 5.69 Å². The Labute approximate surface area is 122 Å². The highest BCUT2D eigenvalue weighted by molar-refractivity contribution is 7.09. The van der Waals surface area contributed by atoms with Crippen LogP contribution in [0.3, 0.4) is 0 Å². The monoisotopic (exact) mass is 290 g/mol. The molecule has 0 saturated carbocycles. The summed E-state index contributed by atoms with van der Waals surface area (Å²) in [6.07, 6.45) is 0.836. The number of nitrogen functional groups attached to an aromatic ring is 1. The van der Waals surface area contributed by atoms with Gasteiger partial charge in [-0.3, -0.25) is 4.79 Å². The highest BCUT2D eigenvalue weighted by Gasteiger charge is 2.08. The summed E-state index contributed by atoms with van der Waals surface area (Å²) >= 11 is 1.70. The van der Waals surface area contributed by atoms with Gasteiger partial charge in [0.25, 0.3) is 5.91 Å². The second-order valence-electron chi connectivity index (χ2n) is 4.29. The predicted octanol–water partition coefficient (Wildman–Crippen LogP) is 2.70. The van der Waals surface area contributed by atoms with Gasteiger partial charge in [-0.25, -0.2) is 0 Å². The minimum absolute atomic E-state index is 0.115. The number of anilines is 1. The smallest absolute Gasteiger partial charge is 0.251 e. The molecule has 1 heterocycles. The molecule has 0 aliphatic heterocycles. The van der Waals surface area contributed by atoms with Gasteiger partial charge >= 0.3 is 0 Å². The SMILES string of the molecule is CCNC(=O)c1ccc(N)c(OCCc2cccs2)c1. The standard InChI is InChI=1S/C15H18N2O2S/c1-2-17-15(18)11-5-6-13(16)14(10-11)19-8-7-12-4-3-9-20-12/h3-6,9-10H,2,7-8,16H2,1H3,(H,17,18). The van der Waals surface area contributed by atoms with Crippen molar-refractivity contribution in [2.24, 2.45) is 0 Å². The number of ether oxygens (including phenoxy) is 1. The Balaban J connectivity index is 1.99. The summed E-state index contributed by atoms with van der Waals surface area (Å²) < 4.78 is 5.68. The van der Waals surface area contributed by atoms with E-state index in [4.69, 9.17) is 10.5 Å². The van der Waals surface area contributed by atoms with E-state index in [2.05, 4.69) is 11.4 Å². The fourth-order valence-corrected chi connectivity index (χ4v) is 2.47. The molecule has 2 aromatic rings. The summed E-state index contributed by atoms with van der Waals surface area (Å²) in [5, 5.41) is 4.79. The van der Waals surface area contributed by atoms with E-state index in [0.717, 1.165) is 6.42 Å². The lowest BCUT2D eigenvalue weighted by Crippen LogP contribution is -2.22. The Morgan fingerprint density at radius 1 is 1.40 bits per heavy atom. The lowest BCUT2D eigenvalue weighted by Gasteiger charge is -2.10. The van der Waals surface area contributed by atoms with Gasteiger partial charge in [-0.1, -0.05) is 6.07 Å². The Morgan fingerprint density at radius 3 is 2.95 bits per heavy atom. The third-order valence-corrected chi connectivity index (χ3v) is 3.74. The molecular weight excluding hydrogens is 272 g/mol. The number of thiophene rings is 1. The molecule has 2 rings (SSSR count). The van der Waals surface area contributed by atoms with Crippen LogP contribution in [0.1, 0.15) is 22.2 Å².